The van der Waals surface area contributed by atoms with Crippen molar-refractivity contribution in [2.75, 3.05) is 19.6 Å². The average molecular weight is 274 g/mol. The Labute approximate surface area is 120 Å². The monoisotopic (exact) mass is 274 g/mol. The normalized spacial score (nSPS) is 25.2. The Morgan fingerprint density at radius 2 is 2.10 bits per heavy atom. The highest BCUT2D eigenvalue weighted by Gasteiger charge is 2.34. The second-order valence-corrected chi connectivity index (χ2v) is 5.99. The lowest BCUT2D eigenvalue weighted by Crippen LogP contribution is -2.54. The fourth-order valence-corrected chi connectivity index (χ4v) is 2.99. The van der Waals surface area contributed by atoms with Crippen LogP contribution in [0.5, 0.6) is 5.75 Å². The van der Waals surface area contributed by atoms with E-state index in [0.717, 1.165) is 30.9 Å². The third kappa shape index (κ3) is 2.40. The number of rotatable bonds is 1. The van der Waals surface area contributed by atoms with Crippen LogP contribution in [0.1, 0.15) is 23.6 Å². The first-order valence-corrected chi connectivity index (χ1v) is 7.33. The van der Waals surface area contributed by atoms with Crippen LogP contribution >= 0.6 is 0 Å². The largest absolute Gasteiger partial charge is 0.480 e. The van der Waals surface area contributed by atoms with Crippen LogP contribution in [-0.2, 0) is 11.2 Å². The molecule has 2 atom stereocenters. The van der Waals surface area contributed by atoms with Crippen LogP contribution in [0.15, 0.2) is 12.1 Å². The van der Waals surface area contributed by atoms with Crippen LogP contribution in [0, 0.1) is 13.8 Å². The number of aryl methyl sites for hydroxylation is 2. The molecular weight excluding hydrogens is 252 g/mol. The highest BCUT2D eigenvalue weighted by Crippen LogP contribution is 2.32. The molecule has 1 aromatic carbocycles. The summed E-state index contributed by atoms with van der Waals surface area (Å²) < 4.78 is 5.88. The van der Waals surface area contributed by atoms with Gasteiger partial charge in [-0.05, 0) is 43.5 Å². The van der Waals surface area contributed by atoms with Gasteiger partial charge in [0.05, 0.1) is 0 Å². The molecule has 4 nitrogen and oxygen atoms in total. The topological polar surface area (TPSA) is 41.6 Å². The molecule has 1 aromatic rings. The maximum Gasteiger partial charge on any atom is 0.264 e. The molecule has 108 valence electrons. The number of nitrogens with zero attached hydrogens (tertiary/aromatic N) is 1. The van der Waals surface area contributed by atoms with Crippen LogP contribution < -0.4 is 10.1 Å². The zero-order chi connectivity index (χ0) is 14.3. The van der Waals surface area contributed by atoms with Gasteiger partial charge in [-0.15, -0.1) is 0 Å². The first-order valence-electron chi connectivity index (χ1n) is 7.33. The Kier molecular flexibility index (Phi) is 3.42. The zero-order valence-corrected chi connectivity index (χ0v) is 12.4. The maximum atomic E-state index is 12.6. The Morgan fingerprint density at radius 1 is 1.35 bits per heavy atom. The summed E-state index contributed by atoms with van der Waals surface area (Å²) in [6, 6.07) is 4.57. The average Bonchev–Trinajstić information content (AvgIpc) is 2.81. The van der Waals surface area contributed by atoms with E-state index in [0.29, 0.717) is 12.5 Å². The number of amides is 1. The summed E-state index contributed by atoms with van der Waals surface area (Å²) in [5, 5.41) is 3.35. The van der Waals surface area contributed by atoms with E-state index in [2.05, 4.69) is 38.2 Å². The molecule has 4 heteroatoms. The quantitative estimate of drug-likeness (QED) is 0.842. The predicted molar refractivity (Wildman–Crippen MR) is 78.1 cm³/mol. The number of piperazine rings is 1. The van der Waals surface area contributed by atoms with Crippen molar-refractivity contribution in [3.63, 3.8) is 0 Å². The van der Waals surface area contributed by atoms with Crippen molar-refractivity contribution in [1.82, 2.24) is 10.2 Å². The number of carbonyl (C=O) groups is 1. The molecule has 1 amide bonds. The molecule has 2 heterocycles. The Balaban J connectivity index is 1.73. The minimum absolute atomic E-state index is 0.129. The van der Waals surface area contributed by atoms with Crippen LogP contribution in [0.2, 0.25) is 0 Å². The maximum absolute atomic E-state index is 12.6. The lowest BCUT2D eigenvalue weighted by atomic mass is 10.0. The standard InChI is InChI=1S/C16H22N2O2/c1-10-6-13-8-15(20-14(13)7-11(10)2)16(19)18-5-4-17-12(3)9-18/h6-7,12,15,17H,4-5,8-9H2,1-3H3/t12-,15+/m1/s1. The summed E-state index contributed by atoms with van der Waals surface area (Å²) in [5.74, 6) is 1.01. The van der Waals surface area contributed by atoms with E-state index in [1.807, 2.05) is 4.90 Å². The lowest BCUT2D eigenvalue weighted by molar-refractivity contribution is -0.139. The Bertz CT molecular complexity index is 511. The minimum atomic E-state index is -0.337. The number of carbonyl (C=O) groups excluding carboxylic acids is 1. The Hall–Kier alpha value is -1.55. The van der Waals surface area contributed by atoms with Gasteiger partial charge >= 0.3 is 0 Å². The van der Waals surface area contributed by atoms with E-state index in [1.54, 1.807) is 0 Å². The van der Waals surface area contributed by atoms with Crippen LogP contribution in [0.3, 0.4) is 0 Å². The van der Waals surface area contributed by atoms with Crippen molar-refractivity contribution in [1.29, 1.82) is 0 Å². The molecule has 0 bridgehead atoms. The number of nitrogens with one attached hydrogen (secondary N) is 1. The van der Waals surface area contributed by atoms with Crippen molar-refractivity contribution in [2.24, 2.45) is 0 Å². The summed E-state index contributed by atoms with van der Waals surface area (Å²) in [5.41, 5.74) is 3.64. The molecule has 1 saturated heterocycles. The molecule has 1 N–H and O–H groups in total. The van der Waals surface area contributed by atoms with Crippen LogP contribution in [-0.4, -0.2) is 42.6 Å². The summed E-state index contributed by atoms with van der Waals surface area (Å²) in [6.45, 7) is 8.70. The van der Waals surface area contributed by atoms with Gasteiger partial charge < -0.3 is 15.0 Å². The molecule has 2 aliphatic heterocycles. The van der Waals surface area contributed by atoms with Gasteiger partial charge in [0.25, 0.3) is 5.91 Å². The van der Waals surface area contributed by atoms with Gasteiger partial charge in [0, 0.05) is 32.1 Å². The molecule has 1 fully saturated rings. The molecule has 20 heavy (non-hydrogen) atoms. The molecule has 0 radical (unpaired) electrons. The van der Waals surface area contributed by atoms with Crippen molar-refractivity contribution < 1.29 is 9.53 Å². The van der Waals surface area contributed by atoms with Gasteiger partial charge in [0.2, 0.25) is 0 Å². The van der Waals surface area contributed by atoms with Crippen molar-refractivity contribution >= 4 is 5.91 Å². The number of fused-ring (bicyclic) bond motifs is 1. The first kappa shape index (κ1) is 13.4. The number of hydrogen-bond donors (Lipinski definition) is 1. The molecule has 0 aromatic heterocycles. The molecule has 0 unspecified atom stereocenters. The van der Waals surface area contributed by atoms with Crippen molar-refractivity contribution in [2.45, 2.75) is 39.3 Å². The van der Waals surface area contributed by atoms with Crippen LogP contribution in [0.4, 0.5) is 0 Å². The van der Waals surface area contributed by atoms with Gasteiger partial charge in [-0.3, -0.25) is 4.79 Å². The molecule has 2 aliphatic rings. The fourth-order valence-electron chi connectivity index (χ4n) is 2.99. The second-order valence-electron chi connectivity index (χ2n) is 5.99. The first-order chi connectivity index (χ1) is 9.54. The number of benzene rings is 1. The predicted octanol–water partition coefficient (Wildman–Crippen LogP) is 1.43. The molecular formula is C16H22N2O2. The van der Waals surface area contributed by atoms with E-state index < -0.39 is 0 Å². The Morgan fingerprint density at radius 3 is 2.85 bits per heavy atom. The van der Waals surface area contributed by atoms with Gasteiger partial charge in [0.15, 0.2) is 6.10 Å². The second kappa shape index (κ2) is 5.09. The highest BCUT2D eigenvalue weighted by atomic mass is 16.5. The summed E-state index contributed by atoms with van der Waals surface area (Å²) in [4.78, 5) is 14.5. The highest BCUT2D eigenvalue weighted by molar-refractivity contribution is 5.83. The SMILES string of the molecule is Cc1cc2c(cc1C)O[C@H](C(=O)N1CCN[C@H](C)C1)C2. The third-order valence-electron chi connectivity index (χ3n) is 4.31. The van der Waals surface area contributed by atoms with Crippen molar-refractivity contribution in [3.8, 4) is 5.75 Å². The molecule has 3 rings (SSSR count). The van der Waals surface area contributed by atoms with Gasteiger partial charge in [0.1, 0.15) is 5.75 Å². The smallest absolute Gasteiger partial charge is 0.264 e. The van der Waals surface area contributed by atoms with Crippen LogP contribution in [0.25, 0.3) is 0 Å². The molecule has 0 aliphatic carbocycles. The minimum Gasteiger partial charge on any atom is -0.480 e. The van der Waals surface area contributed by atoms with E-state index in [4.69, 9.17) is 4.74 Å². The van der Waals surface area contributed by atoms with E-state index >= 15 is 0 Å². The summed E-state index contributed by atoms with van der Waals surface area (Å²) in [6.07, 6.45) is 0.365. The van der Waals surface area contributed by atoms with E-state index in [1.165, 1.54) is 11.1 Å². The van der Waals surface area contributed by atoms with Gasteiger partial charge in [-0.1, -0.05) is 6.07 Å². The van der Waals surface area contributed by atoms with Crippen molar-refractivity contribution in [3.05, 3.63) is 28.8 Å². The lowest BCUT2D eigenvalue weighted by Gasteiger charge is -2.33. The van der Waals surface area contributed by atoms with Gasteiger partial charge in [-0.25, -0.2) is 0 Å². The van der Waals surface area contributed by atoms with Gasteiger partial charge in [-0.2, -0.15) is 0 Å². The number of ether oxygens (including phenoxy) is 1. The third-order valence-corrected chi connectivity index (χ3v) is 4.31. The number of hydrogen-bond acceptors (Lipinski definition) is 3. The molecule has 0 saturated carbocycles. The van der Waals surface area contributed by atoms with E-state index in [-0.39, 0.29) is 12.0 Å². The summed E-state index contributed by atoms with van der Waals surface area (Å²) in [7, 11) is 0. The summed E-state index contributed by atoms with van der Waals surface area (Å²) >= 11 is 0. The zero-order valence-electron chi connectivity index (χ0n) is 12.4. The van der Waals surface area contributed by atoms with E-state index in [9.17, 15) is 4.79 Å². The molecule has 0 spiro atoms. The fraction of sp³-hybridized carbons (Fsp3) is 0.562.